The zero-order valence-electron chi connectivity index (χ0n) is 7.30. The molecule has 1 rings (SSSR count). The molecule has 0 saturated carbocycles. The molecule has 0 saturated heterocycles. The molecule has 0 aliphatic carbocycles. The standard InChI is InChI=1S/C8H10N2O4/c11-4-3-9-7-2-1-6(10(13)14)5-8(7)12/h1-2,5,9,11-12H,3-4H2. The molecule has 0 atom stereocenters. The van der Waals surface area contributed by atoms with Crippen LogP contribution in [0.15, 0.2) is 18.2 Å². The van der Waals surface area contributed by atoms with Crippen molar-refractivity contribution in [2.75, 3.05) is 18.5 Å². The molecule has 14 heavy (non-hydrogen) atoms. The van der Waals surface area contributed by atoms with Gasteiger partial charge in [0.05, 0.1) is 23.3 Å². The van der Waals surface area contributed by atoms with E-state index in [4.69, 9.17) is 5.11 Å². The molecule has 0 heterocycles. The van der Waals surface area contributed by atoms with Crippen LogP contribution in [0.3, 0.4) is 0 Å². The quantitative estimate of drug-likeness (QED) is 0.376. The number of non-ortho nitro benzene ring substituents is 1. The van der Waals surface area contributed by atoms with E-state index in [0.29, 0.717) is 5.69 Å². The van der Waals surface area contributed by atoms with Crippen molar-refractivity contribution in [3.05, 3.63) is 28.3 Å². The van der Waals surface area contributed by atoms with Gasteiger partial charge < -0.3 is 15.5 Å². The molecule has 1 aromatic carbocycles. The molecular formula is C8H10N2O4. The lowest BCUT2D eigenvalue weighted by Gasteiger charge is -2.05. The summed E-state index contributed by atoms with van der Waals surface area (Å²) in [4.78, 5) is 9.72. The minimum absolute atomic E-state index is 0.0730. The van der Waals surface area contributed by atoms with E-state index < -0.39 is 4.92 Å². The van der Waals surface area contributed by atoms with Gasteiger partial charge in [-0.2, -0.15) is 0 Å². The van der Waals surface area contributed by atoms with Crippen molar-refractivity contribution >= 4 is 11.4 Å². The van der Waals surface area contributed by atoms with Crippen molar-refractivity contribution in [2.24, 2.45) is 0 Å². The molecule has 0 aliphatic rings. The van der Waals surface area contributed by atoms with Gasteiger partial charge in [-0.1, -0.05) is 0 Å². The smallest absolute Gasteiger partial charge is 0.273 e. The first-order valence-corrected chi connectivity index (χ1v) is 3.97. The SMILES string of the molecule is O=[N+]([O-])c1ccc(NCCO)c(O)c1. The number of nitro benzene ring substituents is 1. The summed E-state index contributed by atoms with van der Waals surface area (Å²) in [6, 6.07) is 3.72. The largest absolute Gasteiger partial charge is 0.506 e. The summed E-state index contributed by atoms with van der Waals surface area (Å²) in [5, 5.41) is 30.8. The van der Waals surface area contributed by atoms with E-state index in [1.54, 1.807) is 0 Å². The van der Waals surface area contributed by atoms with Gasteiger partial charge in [-0.3, -0.25) is 10.1 Å². The highest BCUT2D eigenvalue weighted by Gasteiger charge is 2.08. The van der Waals surface area contributed by atoms with Gasteiger partial charge in [-0.05, 0) is 6.07 Å². The Hall–Kier alpha value is -1.82. The Balaban J connectivity index is 2.84. The summed E-state index contributed by atoms with van der Waals surface area (Å²) < 4.78 is 0. The van der Waals surface area contributed by atoms with E-state index in [1.165, 1.54) is 12.1 Å². The van der Waals surface area contributed by atoms with E-state index in [2.05, 4.69) is 5.32 Å². The van der Waals surface area contributed by atoms with Gasteiger partial charge in [-0.15, -0.1) is 0 Å². The minimum atomic E-state index is -0.588. The van der Waals surface area contributed by atoms with Crippen LogP contribution in [-0.2, 0) is 0 Å². The number of rotatable bonds is 4. The number of anilines is 1. The molecule has 0 bridgehead atoms. The van der Waals surface area contributed by atoms with E-state index in [9.17, 15) is 15.2 Å². The summed E-state index contributed by atoms with van der Waals surface area (Å²) in [5.41, 5.74) is 0.196. The van der Waals surface area contributed by atoms with Gasteiger partial charge >= 0.3 is 0 Å². The molecule has 0 radical (unpaired) electrons. The number of benzene rings is 1. The van der Waals surface area contributed by atoms with Crippen LogP contribution in [0.5, 0.6) is 5.75 Å². The minimum Gasteiger partial charge on any atom is -0.506 e. The molecule has 76 valence electrons. The first-order chi connectivity index (χ1) is 6.65. The number of hydrogen-bond donors (Lipinski definition) is 3. The van der Waals surface area contributed by atoms with E-state index >= 15 is 0 Å². The third-order valence-corrected chi connectivity index (χ3v) is 1.62. The molecular weight excluding hydrogens is 188 g/mol. The van der Waals surface area contributed by atoms with Crippen molar-refractivity contribution < 1.29 is 15.1 Å². The Morgan fingerprint density at radius 2 is 2.21 bits per heavy atom. The molecule has 0 aromatic heterocycles. The Labute approximate surface area is 80.0 Å². The average Bonchev–Trinajstić information content (AvgIpc) is 2.15. The maximum atomic E-state index is 10.3. The van der Waals surface area contributed by atoms with E-state index in [0.717, 1.165) is 6.07 Å². The van der Waals surface area contributed by atoms with Gasteiger partial charge in [0.2, 0.25) is 0 Å². The first kappa shape index (κ1) is 10.3. The molecule has 0 amide bonds. The fourth-order valence-electron chi connectivity index (χ4n) is 0.974. The lowest BCUT2D eigenvalue weighted by atomic mass is 10.2. The second-order valence-corrected chi connectivity index (χ2v) is 2.61. The monoisotopic (exact) mass is 198 g/mol. The topological polar surface area (TPSA) is 95.6 Å². The maximum Gasteiger partial charge on any atom is 0.273 e. The zero-order chi connectivity index (χ0) is 10.6. The van der Waals surface area contributed by atoms with Crippen LogP contribution in [0, 0.1) is 10.1 Å². The van der Waals surface area contributed by atoms with Crippen LogP contribution in [0.25, 0.3) is 0 Å². The fourth-order valence-corrected chi connectivity index (χ4v) is 0.974. The molecule has 6 heteroatoms. The average molecular weight is 198 g/mol. The Bertz CT molecular complexity index is 340. The van der Waals surface area contributed by atoms with Crippen LogP contribution in [0.1, 0.15) is 0 Å². The normalized spacial score (nSPS) is 9.79. The van der Waals surface area contributed by atoms with Crippen LogP contribution in [0.4, 0.5) is 11.4 Å². The number of phenolic OH excluding ortho intramolecular Hbond substituents is 1. The number of aliphatic hydroxyl groups is 1. The summed E-state index contributed by atoms with van der Waals surface area (Å²) in [6.45, 7) is 0.210. The number of aliphatic hydroxyl groups excluding tert-OH is 1. The molecule has 0 unspecified atom stereocenters. The van der Waals surface area contributed by atoms with Crippen molar-refractivity contribution in [2.45, 2.75) is 0 Å². The van der Waals surface area contributed by atoms with Crippen LogP contribution < -0.4 is 5.32 Å². The number of hydrogen-bond acceptors (Lipinski definition) is 5. The van der Waals surface area contributed by atoms with Gasteiger partial charge in [0, 0.05) is 12.6 Å². The lowest BCUT2D eigenvalue weighted by Crippen LogP contribution is -2.05. The molecule has 1 aromatic rings. The number of nitro groups is 1. The molecule has 3 N–H and O–H groups in total. The van der Waals surface area contributed by atoms with Crippen molar-refractivity contribution in [1.29, 1.82) is 0 Å². The highest BCUT2D eigenvalue weighted by molar-refractivity contribution is 5.59. The first-order valence-electron chi connectivity index (χ1n) is 3.97. The lowest BCUT2D eigenvalue weighted by molar-refractivity contribution is -0.384. The molecule has 0 aliphatic heterocycles. The maximum absolute atomic E-state index is 10.3. The summed E-state index contributed by atoms with van der Waals surface area (Å²) in [5.74, 6) is -0.201. The van der Waals surface area contributed by atoms with Crippen molar-refractivity contribution in [3.8, 4) is 5.75 Å². The van der Waals surface area contributed by atoms with E-state index in [1.807, 2.05) is 0 Å². The predicted molar refractivity (Wildman–Crippen MR) is 50.3 cm³/mol. The third-order valence-electron chi connectivity index (χ3n) is 1.62. The second-order valence-electron chi connectivity index (χ2n) is 2.61. The third kappa shape index (κ3) is 2.33. The molecule has 0 fully saturated rings. The second kappa shape index (κ2) is 4.43. The van der Waals surface area contributed by atoms with Crippen LogP contribution in [-0.4, -0.2) is 28.3 Å². The number of phenols is 1. The highest BCUT2D eigenvalue weighted by atomic mass is 16.6. The van der Waals surface area contributed by atoms with Crippen LogP contribution >= 0.6 is 0 Å². The van der Waals surface area contributed by atoms with Crippen LogP contribution in [0.2, 0.25) is 0 Å². The van der Waals surface area contributed by atoms with Gasteiger partial charge in [0.1, 0.15) is 5.75 Å². The predicted octanol–water partition coefficient (Wildman–Crippen LogP) is 0.705. The van der Waals surface area contributed by atoms with Gasteiger partial charge in [0.15, 0.2) is 0 Å². The summed E-state index contributed by atoms with van der Waals surface area (Å²) >= 11 is 0. The van der Waals surface area contributed by atoms with Crippen molar-refractivity contribution in [3.63, 3.8) is 0 Å². The number of nitrogens with one attached hydrogen (secondary N) is 1. The molecule has 6 nitrogen and oxygen atoms in total. The summed E-state index contributed by atoms with van der Waals surface area (Å²) in [6.07, 6.45) is 0. The number of nitrogens with zero attached hydrogens (tertiary/aromatic N) is 1. The Morgan fingerprint density at radius 1 is 1.50 bits per heavy atom. The van der Waals surface area contributed by atoms with Crippen molar-refractivity contribution in [1.82, 2.24) is 0 Å². The van der Waals surface area contributed by atoms with Gasteiger partial charge in [0.25, 0.3) is 5.69 Å². The molecule has 0 spiro atoms. The Kier molecular flexibility index (Phi) is 3.24. The highest BCUT2D eigenvalue weighted by Crippen LogP contribution is 2.27. The zero-order valence-corrected chi connectivity index (χ0v) is 7.30. The fraction of sp³-hybridized carbons (Fsp3) is 0.250. The number of aromatic hydroxyl groups is 1. The van der Waals surface area contributed by atoms with Gasteiger partial charge in [-0.25, -0.2) is 0 Å². The Morgan fingerprint density at radius 3 is 2.71 bits per heavy atom. The summed E-state index contributed by atoms with van der Waals surface area (Å²) in [7, 11) is 0. The van der Waals surface area contributed by atoms with E-state index in [-0.39, 0.29) is 24.6 Å².